The number of hydrazine groups is 1. The molecule has 0 aliphatic carbocycles. The number of nitrogens with one attached hydrogen (secondary N) is 2. The summed E-state index contributed by atoms with van der Waals surface area (Å²) in [6.07, 6.45) is 1.86. The topological polar surface area (TPSA) is 62.8 Å². The number of hydrogen-bond donors (Lipinski definition) is 3. The highest BCUT2D eigenvalue weighted by molar-refractivity contribution is 5.71. The molecular formula is C17H17FN2O3. The first-order chi connectivity index (χ1) is 11.1. The molecule has 1 aliphatic heterocycles. The van der Waals surface area contributed by atoms with Gasteiger partial charge in [-0.3, -0.25) is 0 Å². The molecule has 0 saturated heterocycles. The monoisotopic (exact) mass is 316 g/mol. The third-order valence-electron chi connectivity index (χ3n) is 3.72. The molecule has 1 unspecified atom stereocenters. The normalized spacial score (nSPS) is 16.7. The lowest BCUT2D eigenvalue weighted by Gasteiger charge is -2.14. The van der Waals surface area contributed by atoms with E-state index in [1.54, 1.807) is 20.3 Å². The highest BCUT2D eigenvalue weighted by atomic mass is 19.1. The van der Waals surface area contributed by atoms with Gasteiger partial charge in [-0.25, -0.2) is 9.82 Å². The molecular weight excluding hydrogens is 299 g/mol. The number of phenolic OH excluding ortho intramolecular Hbond substituents is 1. The van der Waals surface area contributed by atoms with Gasteiger partial charge in [0, 0.05) is 17.2 Å². The summed E-state index contributed by atoms with van der Waals surface area (Å²) < 4.78 is 24.0. The summed E-state index contributed by atoms with van der Waals surface area (Å²) >= 11 is 0. The molecule has 2 aromatic rings. The summed E-state index contributed by atoms with van der Waals surface area (Å²) in [4.78, 5) is 0. The zero-order chi connectivity index (χ0) is 16.4. The lowest BCUT2D eigenvalue weighted by molar-refractivity contribution is 0.388. The van der Waals surface area contributed by atoms with Crippen molar-refractivity contribution in [2.75, 3.05) is 14.2 Å². The quantitative estimate of drug-likeness (QED) is 0.809. The minimum absolute atomic E-state index is 0.00861. The van der Waals surface area contributed by atoms with E-state index in [0.717, 1.165) is 5.56 Å². The van der Waals surface area contributed by atoms with Crippen LogP contribution in [-0.2, 0) is 0 Å². The molecule has 0 fully saturated rings. The zero-order valence-electron chi connectivity index (χ0n) is 12.8. The fraction of sp³-hybridized carbons (Fsp3) is 0.176. The van der Waals surface area contributed by atoms with E-state index in [2.05, 4.69) is 10.9 Å². The molecule has 1 heterocycles. The first-order valence-electron chi connectivity index (χ1n) is 7.06. The molecule has 5 nitrogen and oxygen atoms in total. The van der Waals surface area contributed by atoms with Gasteiger partial charge in [0.25, 0.3) is 0 Å². The van der Waals surface area contributed by atoms with Crippen molar-refractivity contribution in [2.24, 2.45) is 0 Å². The Hall–Kier alpha value is -2.73. The highest BCUT2D eigenvalue weighted by Gasteiger charge is 2.22. The van der Waals surface area contributed by atoms with Crippen molar-refractivity contribution < 1.29 is 19.0 Å². The number of methoxy groups -OCH3 is 2. The van der Waals surface area contributed by atoms with Crippen LogP contribution in [0.1, 0.15) is 17.2 Å². The Morgan fingerprint density at radius 2 is 1.91 bits per heavy atom. The van der Waals surface area contributed by atoms with Crippen molar-refractivity contribution in [2.45, 2.75) is 6.04 Å². The second-order valence-corrected chi connectivity index (χ2v) is 5.10. The van der Waals surface area contributed by atoms with Crippen molar-refractivity contribution in [3.05, 3.63) is 59.4 Å². The Labute approximate surface area is 133 Å². The van der Waals surface area contributed by atoms with Crippen LogP contribution in [0.3, 0.4) is 0 Å². The van der Waals surface area contributed by atoms with E-state index in [4.69, 9.17) is 9.47 Å². The third kappa shape index (κ3) is 2.93. The Morgan fingerprint density at radius 3 is 2.65 bits per heavy atom. The number of rotatable bonds is 4. The molecule has 0 spiro atoms. The summed E-state index contributed by atoms with van der Waals surface area (Å²) in [5.41, 5.74) is 7.94. The Bertz CT molecular complexity index is 761. The van der Waals surface area contributed by atoms with E-state index in [1.165, 1.54) is 18.2 Å². The SMILES string of the molecule is COc1ccc(C2C=C(c3cc(F)ccc3O)NN2)c(OC)c1. The van der Waals surface area contributed by atoms with Gasteiger partial charge in [-0.2, -0.15) is 0 Å². The first kappa shape index (κ1) is 15.2. The summed E-state index contributed by atoms with van der Waals surface area (Å²) in [5, 5.41) is 9.90. The third-order valence-corrected chi connectivity index (χ3v) is 3.72. The van der Waals surface area contributed by atoms with Gasteiger partial charge >= 0.3 is 0 Å². The van der Waals surface area contributed by atoms with Crippen LogP contribution in [0.2, 0.25) is 0 Å². The van der Waals surface area contributed by atoms with Crippen molar-refractivity contribution >= 4 is 5.70 Å². The van der Waals surface area contributed by atoms with Gasteiger partial charge in [0.1, 0.15) is 23.1 Å². The minimum atomic E-state index is -0.411. The summed E-state index contributed by atoms with van der Waals surface area (Å²) in [6.45, 7) is 0. The van der Waals surface area contributed by atoms with Crippen LogP contribution in [0, 0.1) is 5.82 Å². The molecule has 23 heavy (non-hydrogen) atoms. The predicted molar refractivity (Wildman–Crippen MR) is 84.6 cm³/mol. The maximum atomic E-state index is 13.4. The van der Waals surface area contributed by atoms with Crippen LogP contribution in [0.4, 0.5) is 4.39 Å². The first-order valence-corrected chi connectivity index (χ1v) is 7.06. The molecule has 1 aliphatic rings. The molecule has 0 aromatic heterocycles. The number of halogens is 1. The fourth-order valence-electron chi connectivity index (χ4n) is 2.53. The Morgan fingerprint density at radius 1 is 1.09 bits per heavy atom. The molecule has 1 atom stereocenters. The molecule has 0 radical (unpaired) electrons. The Kier molecular flexibility index (Phi) is 4.08. The van der Waals surface area contributed by atoms with Gasteiger partial charge in [0.05, 0.1) is 26.0 Å². The van der Waals surface area contributed by atoms with Gasteiger partial charge in [0.2, 0.25) is 0 Å². The van der Waals surface area contributed by atoms with Crippen LogP contribution in [-0.4, -0.2) is 19.3 Å². The number of aromatic hydroxyl groups is 1. The maximum absolute atomic E-state index is 13.4. The lowest BCUT2D eigenvalue weighted by atomic mass is 10.0. The minimum Gasteiger partial charge on any atom is -0.507 e. The van der Waals surface area contributed by atoms with Crippen LogP contribution in [0.5, 0.6) is 17.2 Å². The smallest absolute Gasteiger partial charge is 0.127 e. The molecule has 0 amide bonds. The van der Waals surface area contributed by atoms with E-state index >= 15 is 0 Å². The van der Waals surface area contributed by atoms with Crippen LogP contribution in [0.25, 0.3) is 5.70 Å². The summed E-state index contributed by atoms with van der Waals surface area (Å²) in [6, 6.07) is 9.16. The fourth-order valence-corrected chi connectivity index (χ4v) is 2.53. The molecule has 3 N–H and O–H groups in total. The predicted octanol–water partition coefficient (Wildman–Crippen LogP) is 2.74. The average molecular weight is 316 g/mol. The average Bonchev–Trinajstić information content (AvgIpc) is 3.06. The lowest BCUT2D eigenvalue weighted by Crippen LogP contribution is -2.26. The van der Waals surface area contributed by atoms with Crippen LogP contribution < -0.4 is 20.3 Å². The molecule has 6 heteroatoms. The van der Waals surface area contributed by atoms with Gasteiger partial charge in [-0.15, -0.1) is 0 Å². The van der Waals surface area contributed by atoms with E-state index in [0.29, 0.717) is 22.8 Å². The summed E-state index contributed by atoms with van der Waals surface area (Å²) in [7, 11) is 3.18. The highest BCUT2D eigenvalue weighted by Crippen LogP contribution is 2.34. The van der Waals surface area contributed by atoms with Crippen LogP contribution in [0.15, 0.2) is 42.5 Å². The summed E-state index contributed by atoms with van der Waals surface area (Å²) in [5.74, 6) is 0.966. The standard InChI is InChI=1S/C17H17FN2O3/c1-22-11-4-5-12(17(8-11)23-2)14-9-15(20-19-14)13-7-10(18)3-6-16(13)21/h3-9,14,19-21H,1-2H3. The zero-order valence-corrected chi connectivity index (χ0v) is 12.8. The van der Waals surface area contributed by atoms with Gasteiger partial charge < -0.3 is 20.0 Å². The van der Waals surface area contributed by atoms with E-state index in [9.17, 15) is 9.50 Å². The molecule has 3 rings (SSSR count). The molecule has 0 saturated carbocycles. The van der Waals surface area contributed by atoms with Gasteiger partial charge in [0.15, 0.2) is 0 Å². The van der Waals surface area contributed by atoms with Gasteiger partial charge in [-0.1, -0.05) is 0 Å². The maximum Gasteiger partial charge on any atom is 0.127 e. The van der Waals surface area contributed by atoms with Crippen molar-refractivity contribution in [1.82, 2.24) is 10.9 Å². The number of phenols is 1. The second-order valence-electron chi connectivity index (χ2n) is 5.10. The Balaban J connectivity index is 1.95. The van der Waals surface area contributed by atoms with E-state index in [-0.39, 0.29) is 11.8 Å². The van der Waals surface area contributed by atoms with Crippen molar-refractivity contribution in [1.29, 1.82) is 0 Å². The van der Waals surface area contributed by atoms with Crippen molar-refractivity contribution in [3.63, 3.8) is 0 Å². The van der Waals surface area contributed by atoms with Crippen LogP contribution >= 0.6 is 0 Å². The number of ether oxygens (including phenoxy) is 2. The number of benzene rings is 2. The number of hydrogen-bond acceptors (Lipinski definition) is 5. The van der Waals surface area contributed by atoms with Gasteiger partial charge in [-0.05, 0) is 36.4 Å². The van der Waals surface area contributed by atoms with Crippen molar-refractivity contribution in [3.8, 4) is 17.2 Å². The molecule has 120 valence electrons. The van der Waals surface area contributed by atoms with E-state index in [1.807, 2.05) is 18.2 Å². The van der Waals surface area contributed by atoms with E-state index < -0.39 is 5.82 Å². The molecule has 2 aromatic carbocycles. The molecule has 0 bridgehead atoms. The second kappa shape index (κ2) is 6.18. The largest absolute Gasteiger partial charge is 0.507 e.